The highest BCUT2D eigenvalue weighted by molar-refractivity contribution is 5.96. The Balaban J connectivity index is 1.87. The number of aliphatic carboxylic acids is 1. The van der Waals surface area contributed by atoms with Crippen LogP contribution in [0.3, 0.4) is 0 Å². The minimum atomic E-state index is -1.04. The lowest BCUT2D eigenvalue weighted by Crippen LogP contribution is -2.38. The van der Waals surface area contributed by atoms with Crippen molar-refractivity contribution in [1.82, 2.24) is 14.9 Å². The molecule has 1 aromatic heterocycles. The minimum Gasteiger partial charge on any atom is -0.497 e. The van der Waals surface area contributed by atoms with Crippen LogP contribution in [0.4, 0.5) is 5.95 Å². The third-order valence-electron chi connectivity index (χ3n) is 6.38. The fraction of sp³-hybridized carbons (Fsp3) is 0.400. The number of hydrogen-bond acceptors (Lipinski definition) is 6. The molecule has 0 saturated carbocycles. The topological polar surface area (TPSA) is 95.9 Å². The van der Waals surface area contributed by atoms with Crippen molar-refractivity contribution in [3.05, 3.63) is 83.2 Å². The van der Waals surface area contributed by atoms with Gasteiger partial charge in [0.05, 0.1) is 18.4 Å². The average Bonchev–Trinajstić information content (AvgIpc) is 2.92. The molecule has 0 unspecified atom stereocenters. The van der Waals surface area contributed by atoms with E-state index < -0.39 is 5.97 Å². The number of amides is 1. The van der Waals surface area contributed by atoms with E-state index in [1.165, 1.54) is 10.5 Å². The van der Waals surface area contributed by atoms with Gasteiger partial charge in [-0.25, -0.2) is 9.97 Å². The number of nitrogens with zero attached hydrogens (tertiary/aromatic N) is 4. The third kappa shape index (κ3) is 8.57. The fourth-order valence-corrected chi connectivity index (χ4v) is 4.09. The first kappa shape index (κ1) is 28.6. The van der Waals surface area contributed by atoms with Crippen LogP contribution in [-0.2, 0) is 24.1 Å². The van der Waals surface area contributed by atoms with E-state index in [4.69, 9.17) is 9.72 Å². The lowest BCUT2D eigenvalue weighted by atomic mass is 10.0. The number of rotatable bonds is 14. The molecule has 8 heteroatoms. The second kappa shape index (κ2) is 14.1. The van der Waals surface area contributed by atoms with Crippen molar-refractivity contribution in [3.8, 4) is 5.75 Å². The number of hydrogen-bond donors (Lipinski definition) is 1. The van der Waals surface area contributed by atoms with E-state index in [2.05, 4.69) is 17.1 Å². The van der Waals surface area contributed by atoms with Crippen LogP contribution < -0.4 is 9.64 Å². The molecule has 2 aromatic carbocycles. The summed E-state index contributed by atoms with van der Waals surface area (Å²) in [5, 5.41) is 9.44. The molecule has 202 valence electrons. The first-order chi connectivity index (χ1) is 18.3. The van der Waals surface area contributed by atoms with Gasteiger partial charge in [0.25, 0.3) is 5.91 Å². The molecular formula is C30H38N4O4. The highest BCUT2D eigenvalue weighted by atomic mass is 16.5. The molecule has 38 heavy (non-hydrogen) atoms. The zero-order chi connectivity index (χ0) is 27.5. The highest BCUT2D eigenvalue weighted by Gasteiger charge is 2.23. The number of aryl methyl sites for hydroxylation is 2. The number of carboxylic acids is 1. The lowest BCUT2D eigenvalue weighted by molar-refractivity contribution is -0.137. The van der Waals surface area contributed by atoms with Crippen molar-refractivity contribution in [3.63, 3.8) is 0 Å². The number of carboxylic acid groups (broad SMARTS) is 1. The summed E-state index contributed by atoms with van der Waals surface area (Å²) in [6.45, 7) is 4.81. The van der Waals surface area contributed by atoms with E-state index >= 15 is 0 Å². The number of likely N-dealkylation sites (N-methyl/N-ethyl adjacent to an activating group) is 1. The molecule has 0 fully saturated rings. The Labute approximate surface area is 225 Å². The first-order valence-electron chi connectivity index (χ1n) is 13.0. The number of aromatic nitrogens is 2. The zero-order valence-corrected chi connectivity index (χ0v) is 22.8. The van der Waals surface area contributed by atoms with E-state index in [1.807, 2.05) is 68.3 Å². The Bertz CT molecular complexity index is 1200. The summed E-state index contributed by atoms with van der Waals surface area (Å²) >= 11 is 0. The van der Waals surface area contributed by atoms with Crippen LogP contribution in [0.15, 0.2) is 60.8 Å². The first-order valence-corrected chi connectivity index (χ1v) is 13.0. The van der Waals surface area contributed by atoms with Gasteiger partial charge < -0.3 is 19.6 Å². The van der Waals surface area contributed by atoms with Crippen molar-refractivity contribution in [2.45, 2.75) is 39.5 Å². The van der Waals surface area contributed by atoms with Crippen LogP contribution in [0.25, 0.3) is 0 Å². The van der Waals surface area contributed by atoms with E-state index in [-0.39, 0.29) is 12.5 Å². The van der Waals surface area contributed by atoms with Crippen LogP contribution in [0.2, 0.25) is 0 Å². The van der Waals surface area contributed by atoms with Crippen molar-refractivity contribution >= 4 is 17.8 Å². The number of methoxy groups -OCH3 is 1. The Morgan fingerprint density at radius 3 is 2.39 bits per heavy atom. The summed E-state index contributed by atoms with van der Waals surface area (Å²) < 4.78 is 5.35. The van der Waals surface area contributed by atoms with Gasteiger partial charge in [-0.05, 0) is 54.9 Å². The monoisotopic (exact) mass is 518 g/mol. The standard InChI is InChI=1S/C30H38N4O4/c1-22(2)15-18-34(21-28(35)36)29(37)26-20-31-30(33(3)17-16-23-9-6-5-7-10-23)32-27(26)14-13-24-11-8-12-25(19-24)38-4/h5-12,19-20,22H,13-18,21H2,1-4H3,(H,35,36). The maximum atomic E-state index is 13.6. The third-order valence-corrected chi connectivity index (χ3v) is 6.38. The molecule has 1 heterocycles. The van der Waals surface area contributed by atoms with E-state index in [1.54, 1.807) is 13.3 Å². The van der Waals surface area contributed by atoms with E-state index in [0.717, 1.165) is 17.7 Å². The molecule has 3 aromatic rings. The van der Waals surface area contributed by atoms with Crippen molar-refractivity contribution < 1.29 is 19.4 Å². The molecule has 0 atom stereocenters. The van der Waals surface area contributed by atoms with Gasteiger partial charge in [-0.1, -0.05) is 56.3 Å². The summed E-state index contributed by atoms with van der Waals surface area (Å²) in [4.78, 5) is 37.8. The summed E-state index contributed by atoms with van der Waals surface area (Å²) in [6.07, 6.45) is 4.24. The predicted molar refractivity (Wildman–Crippen MR) is 149 cm³/mol. The number of carbonyl (C=O) groups excluding carboxylic acids is 1. The Hall–Kier alpha value is -3.94. The molecule has 0 spiro atoms. The van der Waals surface area contributed by atoms with Crippen molar-refractivity contribution in [2.24, 2.45) is 5.92 Å². The largest absolute Gasteiger partial charge is 0.497 e. The summed E-state index contributed by atoms with van der Waals surface area (Å²) in [5.41, 5.74) is 3.23. The smallest absolute Gasteiger partial charge is 0.323 e. The zero-order valence-electron chi connectivity index (χ0n) is 22.8. The predicted octanol–water partition coefficient (Wildman–Crippen LogP) is 4.52. The molecule has 0 aliphatic carbocycles. The maximum Gasteiger partial charge on any atom is 0.323 e. The van der Waals surface area contributed by atoms with Crippen LogP contribution in [0.1, 0.15) is 47.4 Å². The molecule has 3 rings (SSSR count). The maximum absolute atomic E-state index is 13.6. The summed E-state index contributed by atoms with van der Waals surface area (Å²) in [6, 6.07) is 18.0. The molecule has 1 N–H and O–H groups in total. The lowest BCUT2D eigenvalue weighted by Gasteiger charge is -2.24. The van der Waals surface area contributed by atoms with Gasteiger partial charge in [0, 0.05) is 26.3 Å². The molecule has 0 aliphatic heterocycles. The minimum absolute atomic E-state index is 0.337. The fourth-order valence-electron chi connectivity index (χ4n) is 4.09. The number of anilines is 1. The van der Waals surface area contributed by atoms with Gasteiger partial charge in [-0.15, -0.1) is 0 Å². The number of carbonyl (C=O) groups is 2. The molecule has 0 saturated heterocycles. The van der Waals surface area contributed by atoms with Crippen molar-refractivity contribution in [2.75, 3.05) is 38.7 Å². The average molecular weight is 519 g/mol. The molecule has 1 amide bonds. The van der Waals surface area contributed by atoms with Gasteiger partial charge in [0.15, 0.2) is 0 Å². The van der Waals surface area contributed by atoms with E-state index in [0.29, 0.717) is 55.5 Å². The van der Waals surface area contributed by atoms with Crippen LogP contribution in [0, 0.1) is 5.92 Å². The van der Waals surface area contributed by atoms with Gasteiger partial charge in [0.1, 0.15) is 12.3 Å². The van der Waals surface area contributed by atoms with Gasteiger partial charge in [0.2, 0.25) is 5.95 Å². The Kier molecular flexibility index (Phi) is 10.6. The molecule has 0 radical (unpaired) electrons. The normalized spacial score (nSPS) is 10.9. The molecule has 0 aliphatic rings. The van der Waals surface area contributed by atoms with Crippen molar-refractivity contribution in [1.29, 1.82) is 0 Å². The van der Waals surface area contributed by atoms with E-state index in [9.17, 15) is 14.7 Å². The summed E-state index contributed by atoms with van der Waals surface area (Å²) in [5.74, 6) is 0.239. The molecule has 0 bridgehead atoms. The number of ether oxygens (including phenoxy) is 1. The van der Waals surface area contributed by atoms with Crippen LogP contribution >= 0.6 is 0 Å². The Morgan fingerprint density at radius 1 is 0.974 bits per heavy atom. The second-order valence-corrected chi connectivity index (χ2v) is 9.84. The van der Waals surface area contributed by atoms with Crippen LogP contribution in [0.5, 0.6) is 5.75 Å². The van der Waals surface area contributed by atoms with Gasteiger partial charge >= 0.3 is 5.97 Å². The van der Waals surface area contributed by atoms with Gasteiger partial charge in [-0.2, -0.15) is 0 Å². The van der Waals surface area contributed by atoms with Crippen LogP contribution in [-0.4, -0.2) is 65.6 Å². The Morgan fingerprint density at radius 2 is 1.71 bits per heavy atom. The molecular weight excluding hydrogens is 480 g/mol. The van der Waals surface area contributed by atoms with Gasteiger partial charge in [-0.3, -0.25) is 9.59 Å². The SMILES string of the molecule is COc1cccc(CCc2nc(N(C)CCc3ccccc3)ncc2C(=O)N(CCC(C)C)CC(=O)O)c1. The second-order valence-electron chi connectivity index (χ2n) is 9.84. The quantitative estimate of drug-likeness (QED) is 0.335. The molecule has 8 nitrogen and oxygen atoms in total. The highest BCUT2D eigenvalue weighted by Crippen LogP contribution is 2.19. The summed E-state index contributed by atoms with van der Waals surface area (Å²) in [7, 11) is 3.57. The number of benzene rings is 2.